The van der Waals surface area contributed by atoms with Gasteiger partial charge in [0.15, 0.2) is 0 Å². The van der Waals surface area contributed by atoms with Crippen LogP contribution in [0.15, 0.2) is 29.2 Å². The van der Waals surface area contributed by atoms with Crippen LogP contribution in [-0.2, 0) is 14.8 Å². The summed E-state index contributed by atoms with van der Waals surface area (Å²) in [4.78, 5) is 14.2. The molecule has 2 rings (SSSR count). The molecule has 1 heterocycles. The summed E-state index contributed by atoms with van der Waals surface area (Å²) in [5.74, 6) is 1.16. The van der Waals surface area contributed by atoms with Gasteiger partial charge in [0.1, 0.15) is 5.75 Å². The van der Waals surface area contributed by atoms with Gasteiger partial charge in [0, 0.05) is 26.1 Å². The van der Waals surface area contributed by atoms with Crippen molar-refractivity contribution in [2.75, 3.05) is 26.2 Å². The highest BCUT2D eigenvalue weighted by Crippen LogP contribution is 2.17. The average molecular weight is 354 g/mol. The maximum Gasteiger partial charge on any atom is 0.240 e. The number of nitrogens with one attached hydrogen (secondary N) is 1. The Hall–Kier alpha value is -1.60. The van der Waals surface area contributed by atoms with Crippen LogP contribution in [0.5, 0.6) is 5.75 Å². The molecule has 1 fully saturated rings. The van der Waals surface area contributed by atoms with Gasteiger partial charge in [0.2, 0.25) is 15.9 Å². The number of hydrogen-bond acceptors (Lipinski definition) is 4. The Kier molecular flexibility index (Phi) is 6.62. The summed E-state index contributed by atoms with van der Waals surface area (Å²) in [7, 11) is -3.61. The van der Waals surface area contributed by atoms with Crippen LogP contribution < -0.4 is 9.46 Å². The van der Waals surface area contributed by atoms with Crippen LogP contribution in [0.3, 0.4) is 0 Å². The summed E-state index contributed by atoms with van der Waals surface area (Å²) in [5.41, 5.74) is 0. The number of rotatable bonds is 7. The van der Waals surface area contributed by atoms with Crippen LogP contribution in [0.25, 0.3) is 0 Å². The highest BCUT2D eigenvalue weighted by molar-refractivity contribution is 7.89. The van der Waals surface area contributed by atoms with Crippen molar-refractivity contribution >= 4 is 15.9 Å². The van der Waals surface area contributed by atoms with Crippen LogP contribution in [0.1, 0.15) is 33.1 Å². The maximum absolute atomic E-state index is 12.2. The molecular weight excluding hydrogens is 328 g/mol. The Morgan fingerprint density at radius 3 is 2.67 bits per heavy atom. The first-order valence-electron chi connectivity index (χ1n) is 8.42. The molecule has 0 aromatic heterocycles. The number of benzene rings is 1. The first-order valence-corrected chi connectivity index (χ1v) is 9.91. The van der Waals surface area contributed by atoms with Crippen LogP contribution in [-0.4, -0.2) is 45.5 Å². The molecule has 7 heteroatoms. The molecular formula is C17H26N2O4S. The van der Waals surface area contributed by atoms with Gasteiger partial charge in [-0.2, -0.15) is 0 Å². The van der Waals surface area contributed by atoms with Gasteiger partial charge in [-0.1, -0.05) is 6.92 Å². The van der Waals surface area contributed by atoms with E-state index >= 15 is 0 Å². The highest BCUT2D eigenvalue weighted by atomic mass is 32.2. The zero-order chi connectivity index (χ0) is 17.6. The van der Waals surface area contributed by atoms with E-state index in [4.69, 9.17) is 4.74 Å². The smallest absolute Gasteiger partial charge is 0.240 e. The zero-order valence-electron chi connectivity index (χ0n) is 14.3. The van der Waals surface area contributed by atoms with Gasteiger partial charge in [-0.25, -0.2) is 13.1 Å². The van der Waals surface area contributed by atoms with Crippen molar-refractivity contribution in [1.82, 2.24) is 9.62 Å². The number of nitrogens with zero attached hydrogens (tertiary/aromatic N) is 1. The molecule has 24 heavy (non-hydrogen) atoms. The lowest BCUT2D eigenvalue weighted by atomic mass is 10.0. The van der Waals surface area contributed by atoms with E-state index in [2.05, 4.69) is 11.6 Å². The first kappa shape index (κ1) is 18.7. The minimum Gasteiger partial charge on any atom is -0.494 e. The molecule has 1 aromatic rings. The number of hydrogen-bond donors (Lipinski definition) is 1. The summed E-state index contributed by atoms with van der Waals surface area (Å²) in [5, 5.41) is 0. The second-order valence-electron chi connectivity index (χ2n) is 6.14. The predicted molar refractivity (Wildman–Crippen MR) is 92.4 cm³/mol. The van der Waals surface area contributed by atoms with Gasteiger partial charge in [-0.15, -0.1) is 0 Å². The van der Waals surface area contributed by atoms with Gasteiger partial charge in [0.25, 0.3) is 0 Å². The third-order valence-corrected chi connectivity index (χ3v) is 5.56. The number of carbonyl (C=O) groups is 1. The van der Waals surface area contributed by atoms with Crippen molar-refractivity contribution in [2.45, 2.75) is 38.0 Å². The summed E-state index contributed by atoms with van der Waals surface area (Å²) < 4.78 is 32.3. The van der Waals surface area contributed by atoms with E-state index in [-0.39, 0.29) is 23.8 Å². The summed E-state index contributed by atoms with van der Waals surface area (Å²) >= 11 is 0. The van der Waals surface area contributed by atoms with Crippen LogP contribution in [0.4, 0.5) is 0 Å². The lowest BCUT2D eigenvalue weighted by Gasteiger charge is -2.31. The second-order valence-corrected chi connectivity index (χ2v) is 7.91. The fourth-order valence-corrected chi connectivity index (χ4v) is 3.86. The second kappa shape index (κ2) is 8.48. The van der Waals surface area contributed by atoms with Crippen molar-refractivity contribution in [3.8, 4) is 5.75 Å². The predicted octanol–water partition coefficient (Wildman–Crippen LogP) is 2.01. The Morgan fingerprint density at radius 2 is 2.04 bits per heavy atom. The molecule has 0 bridgehead atoms. The highest BCUT2D eigenvalue weighted by Gasteiger charge is 2.21. The fraction of sp³-hybridized carbons (Fsp3) is 0.588. The van der Waals surface area contributed by atoms with E-state index in [0.29, 0.717) is 18.3 Å². The molecule has 1 amide bonds. The van der Waals surface area contributed by atoms with E-state index < -0.39 is 10.0 Å². The molecule has 134 valence electrons. The molecule has 1 aliphatic rings. The minimum atomic E-state index is -3.61. The molecule has 1 saturated heterocycles. The van der Waals surface area contributed by atoms with Crippen molar-refractivity contribution < 1.29 is 17.9 Å². The first-order chi connectivity index (χ1) is 11.4. The lowest BCUT2D eigenvalue weighted by Crippen LogP contribution is -2.40. The topological polar surface area (TPSA) is 75.7 Å². The van der Waals surface area contributed by atoms with E-state index in [9.17, 15) is 13.2 Å². The molecule has 1 atom stereocenters. The van der Waals surface area contributed by atoms with Gasteiger partial charge in [-0.05, 0) is 49.9 Å². The molecule has 1 aromatic carbocycles. The minimum absolute atomic E-state index is 0.0101. The van der Waals surface area contributed by atoms with E-state index in [1.807, 2.05) is 11.8 Å². The standard InChI is InChI=1S/C17H26N2O4S/c1-3-23-15-6-8-16(9-7-15)24(21,22)18-11-10-17(20)19-12-4-5-14(2)13-19/h6-9,14,18H,3-5,10-13H2,1-2H3/t14-/m1/s1. The van der Waals surface area contributed by atoms with E-state index in [1.54, 1.807) is 12.1 Å². The fourth-order valence-electron chi connectivity index (χ4n) is 2.83. The van der Waals surface area contributed by atoms with Crippen molar-refractivity contribution in [1.29, 1.82) is 0 Å². The van der Waals surface area contributed by atoms with Gasteiger partial charge in [-0.3, -0.25) is 4.79 Å². The summed E-state index contributed by atoms with van der Waals surface area (Å²) in [6.07, 6.45) is 2.35. The van der Waals surface area contributed by atoms with Crippen LogP contribution in [0, 0.1) is 5.92 Å². The van der Waals surface area contributed by atoms with Gasteiger partial charge < -0.3 is 9.64 Å². The quantitative estimate of drug-likeness (QED) is 0.813. The van der Waals surface area contributed by atoms with Crippen molar-refractivity contribution in [2.24, 2.45) is 5.92 Å². The summed E-state index contributed by atoms with van der Waals surface area (Å²) in [6, 6.07) is 6.25. The maximum atomic E-state index is 12.2. The molecule has 0 unspecified atom stereocenters. The molecule has 1 N–H and O–H groups in total. The number of carbonyl (C=O) groups excluding carboxylic acids is 1. The number of likely N-dealkylation sites (tertiary alicyclic amines) is 1. The number of sulfonamides is 1. The van der Waals surface area contributed by atoms with Crippen molar-refractivity contribution in [3.63, 3.8) is 0 Å². The molecule has 1 aliphatic heterocycles. The normalized spacial score (nSPS) is 18.4. The molecule has 6 nitrogen and oxygen atoms in total. The Labute approximate surface area is 144 Å². The Morgan fingerprint density at radius 1 is 1.33 bits per heavy atom. The Bertz CT molecular complexity index is 643. The third kappa shape index (κ3) is 5.21. The SMILES string of the molecule is CCOc1ccc(S(=O)(=O)NCCC(=O)N2CCC[C@@H](C)C2)cc1. The molecule has 0 spiro atoms. The third-order valence-electron chi connectivity index (χ3n) is 4.09. The van der Waals surface area contributed by atoms with Crippen LogP contribution in [0.2, 0.25) is 0 Å². The average Bonchev–Trinajstić information content (AvgIpc) is 2.55. The monoisotopic (exact) mass is 354 g/mol. The van der Waals surface area contributed by atoms with Gasteiger partial charge in [0.05, 0.1) is 11.5 Å². The molecule has 0 aliphatic carbocycles. The largest absolute Gasteiger partial charge is 0.494 e. The number of amides is 1. The number of ether oxygens (including phenoxy) is 1. The van der Waals surface area contributed by atoms with Gasteiger partial charge >= 0.3 is 0 Å². The summed E-state index contributed by atoms with van der Waals surface area (Å²) in [6.45, 7) is 6.18. The van der Waals surface area contributed by atoms with Crippen molar-refractivity contribution in [3.05, 3.63) is 24.3 Å². The van der Waals surface area contributed by atoms with E-state index in [1.165, 1.54) is 12.1 Å². The molecule has 0 radical (unpaired) electrons. The van der Waals surface area contributed by atoms with Crippen LogP contribution >= 0.6 is 0 Å². The lowest BCUT2D eigenvalue weighted by molar-refractivity contribution is -0.132. The van der Waals surface area contributed by atoms with E-state index in [0.717, 1.165) is 25.9 Å². The zero-order valence-corrected chi connectivity index (χ0v) is 15.1. The number of piperidine rings is 1. The molecule has 0 saturated carbocycles. The Balaban J connectivity index is 1.84.